The Kier molecular flexibility index (Phi) is 7.58. The first-order valence-corrected chi connectivity index (χ1v) is 7.58. The van der Waals surface area contributed by atoms with Crippen LogP contribution in [0.2, 0.25) is 0 Å². The van der Waals surface area contributed by atoms with Gasteiger partial charge in [-0.05, 0) is 19.8 Å². The number of amides is 2. The van der Waals surface area contributed by atoms with Gasteiger partial charge in [0, 0.05) is 35.9 Å². The quantitative estimate of drug-likeness (QED) is 0.716. The SMILES string of the molecule is CCC(C(=O)O)N(C)C(=O)NC(C)CCS(C)=O. The van der Waals surface area contributed by atoms with Gasteiger partial charge in [0.2, 0.25) is 0 Å². The molecule has 0 bridgehead atoms. The summed E-state index contributed by atoms with van der Waals surface area (Å²) in [5.41, 5.74) is 0. The van der Waals surface area contributed by atoms with Gasteiger partial charge in [0.05, 0.1) is 0 Å². The fourth-order valence-electron chi connectivity index (χ4n) is 1.48. The van der Waals surface area contributed by atoms with Gasteiger partial charge in [0.1, 0.15) is 6.04 Å². The van der Waals surface area contributed by atoms with Crippen LogP contribution in [0.3, 0.4) is 0 Å². The molecule has 7 heteroatoms. The predicted octanol–water partition coefficient (Wildman–Crippen LogP) is 0.648. The Balaban J connectivity index is 4.30. The minimum Gasteiger partial charge on any atom is -0.480 e. The number of nitrogens with zero attached hydrogens (tertiary/aromatic N) is 1. The van der Waals surface area contributed by atoms with Crippen LogP contribution in [-0.2, 0) is 15.6 Å². The van der Waals surface area contributed by atoms with Gasteiger partial charge in [0.15, 0.2) is 0 Å². The number of carbonyl (C=O) groups excluding carboxylic acids is 1. The first kappa shape index (κ1) is 16.9. The Bertz CT molecular complexity index is 322. The lowest BCUT2D eigenvalue weighted by Gasteiger charge is -2.25. The third-order valence-electron chi connectivity index (χ3n) is 2.67. The monoisotopic (exact) mass is 278 g/mol. The van der Waals surface area contributed by atoms with Gasteiger partial charge in [-0.3, -0.25) is 4.21 Å². The van der Waals surface area contributed by atoms with Crippen molar-refractivity contribution in [3.05, 3.63) is 0 Å². The number of hydrogen-bond acceptors (Lipinski definition) is 3. The van der Waals surface area contributed by atoms with E-state index in [0.29, 0.717) is 18.6 Å². The average molecular weight is 278 g/mol. The van der Waals surface area contributed by atoms with Crippen molar-refractivity contribution >= 4 is 22.8 Å². The largest absolute Gasteiger partial charge is 0.480 e. The van der Waals surface area contributed by atoms with E-state index in [9.17, 15) is 13.8 Å². The molecule has 0 spiro atoms. The van der Waals surface area contributed by atoms with Crippen LogP contribution < -0.4 is 5.32 Å². The minimum absolute atomic E-state index is 0.129. The normalized spacial score (nSPS) is 15.6. The molecule has 0 rings (SSSR count). The summed E-state index contributed by atoms with van der Waals surface area (Å²) < 4.78 is 10.9. The smallest absolute Gasteiger partial charge is 0.326 e. The van der Waals surface area contributed by atoms with Gasteiger partial charge < -0.3 is 15.3 Å². The van der Waals surface area contributed by atoms with Crippen molar-refractivity contribution in [2.45, 2.75) is 38.8 Å². The Labute approximate surface area is 110 Å². The van der Waals surface area contributed by atoms with Crippen molar-refractivity contribution < 1.29 is 18.9 Å². The van der Waals surface area contributed by atoms with Crippen LogP contribution in [0.4, 0.5) is 4.79 Å². The molecule has 0 heterocycles. The summed E-state index contributed by atoms with van der Waals surface area (Å²) >= 11 is 0. The van der Waals surface area contributed by atoms with Gasteiger partial charge in [-0.25, -0.2) is 9.59 Å². The van der Waals surface area contributed by atoms with Crippen LogP contribution in [0.15, 0.2) is 0 Å². The van der Waals surface area contributed by atoms with Crippen LogP contribution in [0.25, 0.3) is 0 Å². The Morgan fingerprint density at radius 1 is 1.44 bits per heavy atom. The highest BCUT2D eigenvalue weighted by Crippen LogP contribution is 2.03. The van der Waals surface area contributed by atoms with Crippen LogP contribution in [0.1, 0.15) is 26.7 Å². The molecule has 2 amide bonds. The van der Waals surface area contributed by atoms with Crippen molar-refractivity contribution in [1.82, 2.24) is 10.2 Å². The molecule has 0 saturated carbocycles. The number of aliphatic carboxylic acids is 1. The highest BCUT2D eigenvalue weighted by atomic mass is 32.2. The van der Waals surface area contributed by atoms with Gasteiger partial charge in [-0.1, -0.05) is 6.92 Å². The molecule has 0 aromatic rings. The molecule has 0 aromatic heterocycles. The topological polar surface area (TPSA) is 86.7 Å². The number of likely N-dealkylation sites (N-methyl/N-ethyl adjacent to an activating group) is 1. The third-order valence-corrected chi connectivity index (χ3v) is 3.48. The first-order chi connectivity index (χ1) is 8.29. The minimum atomic E-state index is -1.02. The summed E-state index contributed by atoms with van der Waals surface area (Å²) in [6, 6.07) is -1.37. The van der Waals surface area contributed by atoms with Gasteiger partial charge >= 0.3 is 12.0 Å². The molecular weight excluding hydrogens is 256 g/mol. The second kappa shape index (κ2) is 8.07. The average Bonchev–Trinajstić information content (AvgIpc) is 2.26. The van der Waals surface area contributed by atoms with Crippen LogP contribution >= 0.6 is 0 Å². The summed E-state index contributed by atoms with van der Waals surface area (Å²) in [5.74, 6) is -0.501. The van der Waals surface area contributed by atoms with E-state index in [-0.39, 0.29) is 6.04 Å². The lowest BCUT2D eigenvalue weighted by atomic mass is 10.2. The number of hydrogen-bond donors (Lipinski definition) is 2. The first-order valence-electron chi connectivity index (χ1n) is 5.85. The van der Waals surface area contributed by atoms with Crippen molar-refractivity contribution in [2.75, 3.05) is 19.1 Å². The second-order valence-corrected chi connectivity index (χ2v) is 5.84. The molecule has 2 N–H and O–H groups in total. The molecule has 0 fully saturated rings. The van der Waals surface area contributed by atoms with E-state index in [1.807, 2.05) is 0 Å². The molecule has 106 valence electrons. The fourth-order valence-corrected chi connectivity index (χ4v) is 2.17. The molecule has 3 unspecified atom stereocenters. The van der Waals surface area contributed by atoms with Gasteiger partial charge in [0.25, 0.3) is 0 Å². The van der Waals surface area contributed by atoms with Crippen molar-refractivity contribution in [1.29, 1.82) is 0 Å². The summed E-state index contributed by atoms with van der Waals surface area (Å²) in [7, 11) is 0.572. The number of urea groups is 1. The lowest BCUT2D eigenvalue weighted by Crippen LogP contribution is -2.49. The molecular formula is C11H22N2O4S. The van der Waals surface area contributed by atoms with E-state index in [1.54, 1.807) is 20.1 Å². The predicted molar refractivity (Wildman–Crippen MR) is 71.0 cm³/mol. The van der Waals surface area contributed by atoms with E-state index >= 15 is 0 Å². The van der Waals surface area contributed by atoms with Crippen LogP contribution in [0.5, 0.6) is 0 Å². The zero-order chi connectivity index (χ0) is 14.3. The molecule has 0 aliphatic heterocycles. The fraction of sp³-hybridized carbons (Fsp3) is 0.818. The van der Waals surface area contributed by atoms with Crippen molar-refractivity contribution in [3.8, 4) is 0 Å². The van der Waals surface area contributed by atoms with Gasteiger partial charge in [-0.15, -0.1) is 0 Å². The summed E-state index contributed by atoms with van der Waals surface area (Å²) in [6.45, 7) is 3.52. The molecule has 3 atom stereocenters. The highest BCUT2D eigenvalue weighted by Gasteiger charge is 2.25. The summed E-state index contributed by atoms with van der Waals surface area (Å²) in [4.78, 5) is 23.9. The number of nitrogens with one attached hydrogen (secondary N) is 1. The van der Waals surface area contributed by atoms with Crippen LogP contribution in [-0.4, -0.2) is 57.4 Å². The zero-order valence-electron chi connectivity index (χ0n) is 11.3. The maximum atomic E-state index is 11.8. The van der Waals surface area contributed by atoms with E-state index in [0.717, 1.165) is 0 Å². The molecule has 0 aliphatic rings. The van der Waals surface area contributed by atoms with Crippen molar-refractivity contribution in [3.63, 3.8) is 0 Å². The van der Waals surface area contributed by atoms with E-state index in [4.69, 9.17) is 5.11 Å². The Hall–Kier alpha value is -1.11. The molecule has 0 aliphatic carbocycles. The van der Waals surface area contributed by atoms with E-state index in [2.05, 4.69) is 5.32 Å². The molecule has 0 radical (unpaired) electrons. The standard InChI is InChI=1S/C11H22N2O4S/c1-5-9(10(14)15)13(3)11(16)12-8(2)6-7-18(4)17/h8-9H,5-7H2,1-4H3,(H,12,16)(H,14,15). The maximum Gasteiger partial charge on any atom is 0.326 e. The number of rotatable bonds is 7. The summed E-state index contributed by atoms with van der Waals surface area (Å²) in [6.07, 6.45) is 2.57. The second-order valence-electron chi connectivity index (χ2n) is 4.29. The molecule has 0 saturated heterocycles. The summed E-state index contributed by atoms with van der Waals surface area (Å²) in [5, 5.41) is 11.6. The number of carboxylic acid groups (broad SMARTS) is 1. The molecule has 6 nitrogen and oxygen atoms in total. The molecule has 18 heavy (non-hydrogen) atoms. The Morgan fingerprint density at radius 2 is 2.00 bits per heavy atom. The Morgan fingerprint density at radius 3 is 2.39 bits per heavy atom. The highest BCUT2D eigenvalue weighted by molar-refractivity contribution is 7.84. The lowest BCUT2D eigenvalue weighted by molar-refractivity contribution is -0.141. The van der Waals surface area contributed by atoms with Gasteiger partial charge in [-0.2, -0.15) is 0 Å². The number of carboxylic acids is 1. The van der Waals surface area contributed by atoms with E-state index in [1.165, 1.54) is 11.9 Å². The zero-order valence-corrected chi connectivity index (χ0v) is 12.1. The maximum absolute atomic E-state index is 11.8. The van der Waals surface area contributed by atoms with Crippen LogP contribution in [0, 0.1) is 0 Å². The number of carbonyl (C=O) groups is 2. The third kappa shape index (κ3) is 6.00. The van der Waals surface area contributed by atoms with E-state index < -0.39 is 28.8 Å². The van der Waals surface area contributed by atoms with Crippen molar-refractivity contribution in [2.24, 2.45) is 0 Å². The molecule has 0 aromatic carbocycles.